The van der Waals surface area contributed by atoms with Gasteiger partial charge in [-0.15, -0.1) is 11.3 Å². The Balaban J connectivity index is 1.99. The van der Waals surface area contributed by atoms with Gasteiger partial charge in [-0.1, -0.05) is 0 Å². The molecule has 1 aliphatic heterocycles. The summed E-state index contributed by atoms with van der Waals surface area (Å²) in [5, 5.41) is 2.01. The Labute approximate surface area is 132 Å². The van der Waals surface area contributed by atoms with Crippen LogP contribution in [0.5, 0.6) is 0 Å². The summed E-state index contributed by atoms with van der Waals surface area (Å²) in [5.74, 6) is 0.226. The van der Waals surface area contributed by atoms with Crippen LogP contribution in [0.15, 0.2) is 28.8 Å². The summed E-state index contributed by atoms with van der Waals surface area (Å²) in [7, 11) is 1.64. The second-order valence-corrected chi connectivity index (χ2v) is 6.53. The van der Waals surface area contributed by atoms with Crippen molar-refractivity contribution in [3.05, 3.63) is 34.4 Å². The van der Waals surface area contributed by atoms with Crippen LogP contribution in [-0.2, 0) is 10.3 Å². The number of amides is 1. The zero-order chi connectivity index (χ0) is 15.9. The molecule has 0 unspecified atom stereocenters. The van der Waals surface area contributed by atoms with Gasteiger partial charge in [0.15, 0.2) is 5.96 Å². The minimum atomic E-state index is -0.617. The number of aromatic nitrogens is 2. The maximum atomic E-state index is 12.1. The Morgan fingerprint density at radius 1 is 1.41 bits per heavy atom. The number of thiophene rings is 1. The van der Waals surface area contributed by atoms with E-state index in [1.165, 1.54) is 4.90 Å². The second-order valence-electron chi connectivity index (χ2n) is 5.62. The summed E-state index contributed by atoms with van der Waals surface area (Å²) in [6.07, 6.45) is 3.76. The molecular formula is C15H17N5OS. The summed E-state index contributed by atoms with van der Waals surface area (Å²) < 4.78 is 0. The predicted molar refractivity (Wildman–Crippen MR) is 86.4 cm³/mol. The van der Waals surface area contributed by atoms with Crippen molar-refractivity contribution in [1.82, 2.24) is 14.9 Å². The lowest BCUT2D eigenvalue weighted by atomic mass is 9.93. The zero-order valence-corrected chi connectivity index (χ0v) is 13.5. The van der Waals surface area contributed by atoms with Crippen molar-refractivity contribution in [2.45, 2.75) is 25.8 Å². The highest BCUT2D eigenvalue weighted by molar-refractivity contribution is 7.10. The number of nitrogens with zero attached hydrogens (tertiary/aromatic N) is 4. The van der Waals surface area contributed by atoms with E-state index in [-0.39, 0.29) is 11.9 Å². The SMILES string of the molecule is Cc1cncc(-c2csc([C@]3(C)CC(=O)N(C)C(N)=N3)c2)n1. The van der Waals surface area contributed by atoms with Crippen LogP contribution in [0.1, 0.15) is 23.9 Å². The number of hydrogen-bond donors (Lipinski definition) is 1. The molecule has 3 rings (SSSR count). The Morgan fingerprint density at radius 2 is 2.18 bits per heavy atom. The lowest BCUT2D eigenvalue weighted by molar-refractivity contribution is -0.128. The lowest BCUT2D eigenvalue weighted by Crippen LogP contribution is -2.47. The molecule has 1 aliphatic rings. The van der Waals surface area contributed by atoms with Crippen LogP contribution in [0.2, 0.25) is 0 Å². The Bertz CT molecular complexity index is 769. The van der Waals surface area contributed by atoms with Crippen molar-refractivity contribution in [3.8, 4) is 11.3 Å². The zero-order valence-electron chi connectivity index (χ0n) is 12.7. The van der Waals surface area contributed by atoms with Crippen molar-refractivity contribution in [3.63, 3.8) is 0 Å². The average Bonchev–Trinajstić information content (AvgIpc) is 2.95. The number of guanidine groups is 1. The Morgan fingerprint density at radius 3 is 2.86 bits per heavy atom. The van der Waals surface area contributed by atoms with Gasteiger partial charge in [-0.3, -0.25) is 14.7 Å². The molecular weight excluding hydrogens is 298 g/mol. The molecule has 2 N–H and O–H groups in total. The van der Waals surface area contributed by atoms with Crippen LogP contribution in [0.3, 0.4) is 0 Å². The topological polar surface area (TPSA) is 84.5 Å². The van der Waals surface area contributed by atoms with E-state index in [2.05, 4.69) is 15.0 Å². The van der Waals surface area contributed by atoms with Crippen molar-refractivity contribution >= 4 is 23.2 Å². The largest absolute Gasteiger partial charge is 0.369 e. The van der Waals surface area contributed by atoms with E-state index in [1.54, 1.807) is 30.8 Å². The molecule has 2 aromatic rings. The highest BCUT2D eigenvalue weighted by atomic mass is 32.1. The minimum Gasteiger partial charge on any atom is -0.369 e. The van der Waals surface area contributed by atoms with Gasteiger partial charge < -0.3 is 5.73 Å². The van der Waals surface area contributed by atoms with Crippen LogP contribution in [0.25, 0.3) is 11.3 Å². The molecule has 0 spiro atoms. The fourth-order valence-electron chi connectivity index (χ4n) is 2.41. The van der Waals surface area contributed by atoms with Crippen LogP contribution < -0.4 is 5.73 Å². The summed E-state index contributed by atoms with van der Waals surface area (Å²) in [6, 6.07) is 2.02. The van der Waals surface area contributed by atoms with Crippen molar-refractivity contribution < 1.29 is 4.79 Å². The molecule has 22 heavy (non-hydrogen) atoms. The highest BCUT2D eigenvalue weighted by Gasteiger charge is 2.37. The maximum absolute atomic E-state index is 12.1. The summed E-state index contributed by atoms with van der Waals surface area (Å²) in [5.41, 5.74) is 7.91. The van der Waals surface area contributed by atoms with Gasteiger partial charge in [0.25, 0.3) is 0 Å². The van der Waals surface area contributed by atoms with Gasteiger partial charge in [-0.2, -0.15) is 0 Å². The van der Waals surface area contributed by atoms with Crippen molar-refractivity contribution in [2.75, 3.05) is 7.05 Å². The third kappa shape index (κ3) is 2.48. The van der Waals surface area contributed by atoms with Gasteiger partial charge in [-0.05, 0) is 19.9 Å². The normalized spacial score (nSPS) is 21.9. The van der Waals surface area contributed by atoms with E-state index in [9.17, 15) is 4.79 Å². The van der Waals surface area contributed by atoms with Crippen LogP contribution in [0, 0.1) is 6.92 Å². The monoisotopic (exact) mass is 315 g/mol. The molecule has 7 heteroatoms. The fourth-order valence-corrected chi connectivity index (χ4v) is 3.42. The molecule has 6 nitrogen and oxygen atoms in total. The van der Waals surface area contributed by atoms with E-state index in [1.807, 2.05) is 25.3 Å². The first-order valence-electron chi connectivity index (χ1n) is 6.89. The molecule has 0 radical (unpaired) electrons. The molecule has 2 aromatic heterocycles. The van der Waals surface area contributed by atoms with Crippen molar-refractivity contribution in [2.24, 2.45) is 10.7 Å². The first kappa shape index (κ1) is 14.6. The summed E-state index contributed by atoms with van der Waals surface area (Å²) in [4.78, 5) is 27.6. The maximum Gasteiger partial charge on any atom is 0.231 e. The Kier molecular flexibility index (Phi) is 3.44. The first-order valence-corrected chi connectivity index (χ1v) is 7.77. The van der Waals surface area contributed by atoms with E-state index in [0.717, 1.165) is 21.8 Å². The fraction of sp³-hybridized carbons (Fsp3) is 0.333. The van der Waals surface area contributed by atoms with Gasteiger partial charge in [0.1, 0.15) is 5.54 Å². The van der Waals surface area contributed by atoms with Gasteiger partial charge in [0, 0.05) is 29.1 Å². The number of rotatable bonds is 2. The van der Waals surface area contributed by atoms with Gasteiger partial charge >= 0.3 is 0 Å². The number of aryl methyl sites for hydroxylation is 1. The Hall–Kier alpha value is -2.28. The number of carbonyl (C=O) groups excluding carboxylic acids is 1. The van der Waals surface area contributed by atoms with Gasteiger partial charge in [-0.25, -0.2) is 9.98 Å². The van der Waals surface area contributed by atoms with E-state index >= 15 is 0 Å². The smallest absolute Gasteiger partial charge is 0.231 e. The summed E-state index contributed by atoms with van der Waals surface area (Å²) >= 11 is 1.56. The number of nitrogens with two attached hydrogens (primary N) is 1. The quantitative estimate of drug-likeness (QED) is 0.917. The molecule has 0 saturated heterocycles. The van der Waals surface area contributed by atoms with Crippen LogP contribution in [0.4, 0.5) is 0 Å². The molecule has 1 atom stereocenters. The lowest BCUT2D eigenvalue weighted by Gasteiger charge is -2.32. The van der Waals surface area contributed by atoms with Crippen LogP contribution >= 0.6 is 11.3 Å². The minimum absolute atomic E-state index is 0.0275. The molecule has 0 fully saturated rings. The van der Waals surface area contributed by atoms with E-state index < -0.39 is 5.54 Å². The second kappa shape index (κ2) is 5.17. The standard InChI is InChI=1S/C15H17N5OS/c1-9-6-17-7-11(18-9)10-4-12(22-8-10)15(2)5-13(21)20(3)14(16)19-15/h4,6-8H,5H2,1-3H3,(H2,16,19)/t15-/m0/s1. The molecule has 0 aliphatic carbocycles. The van der Waals surface area contributed by atoms with Gasteiger partial charge in [0.2, 0.25) is 5.91 Å². The summed E-state index contributed by atoms with van der Waals surface area (Å²) in [6.45, 7) is 3.84. The molecule has 3 heterocycles. The van der Waals surface area contributed by atoms with Crippen molar-refractivity contribution in [1.29, 1.82) is 0 Å². The predicted octanol–water partition coefficient (Wildman–Crippen LogP) is 1.91. The van der Waals surface area contributed by atoms with Crippen LogP contribution in [-0.4, -0.2) is 33.8 Å². The number of aliphatic imine (C=N–C) groups is 1. The van der Waals surface area contributed by atoms with E-state index in [4.69, 9.17) is 5.73 Å². The molecule has 1 amide bonds. The third-order valence-electron chi connectivity index (χ3n) is 3.76. The highest BCUT2D eigenvalue weighted by Crippen LogP contribution is 2.38. The number of hydrogen-bond acceptors (Lipinski definition) is 6. The molecule has 0 saturated carbocycles. The third-order valence-corrected chi connectivity index (χ3v) is 4.94. The average molecular weight is 315 g/mol. The molecule has 0 aromatic carbocycles. The first-order chi connectivity index (χ1) is 10.4. The molecule has 114 valence electrons. The van der Waals surface area contributed by atoms with Gasteiger partial charge in [0.05, 0.1) is 24.0 Å². The van der Waals surface area contributed by atoms with E-state index in [0.29, 0.717) is 6.42 Å². The number of carbonyl (C=O) groups is 1. The molecule has 0 bridgehead atoms.